The van der Waals surface area contributed by atoms with Crippen LogP contribution in [0.2, 0.25) is 5.02 Å². The maximum absolute atomic E-state index is 13.4. The molecule has 1 atom stereocenters. The van der Waals surface area contributed by atoms with Crippen molar-refractivity contribution in [2.45, 2.75) is 18.6 Å². The van der Waals surface area contributed by atoms with Crippen LogP contribution in [-0.4, -0.2) is 23.6 Å². The predicted octanol–water partition coefficient (Wildman–Crippen LogP) is 4.48. The van der Waals surface area contributed by atoms with E-state index in [1.54, 1.807) is 54.6 Å². The number of allylic oxidation sites excluding steroid dienone is 1. The molecule has 0 saturated carbocycles. The summed E-state index contributed by atoms with van der Waals surface area (Å²) in [5.41, 5.74) is 0.525. The van der Waals surface area contributed by atoms with E-state index in [1.165, 1.54) is 11.0 Å². The summed E-state index contributed by atoms with van der Waals surface area (Å²) >= 11 is 6.29. The minimum atomic E-state index is -1.95. The molecule has 0 aliphatic carbocycles. The Bertz CT molecular complexity index is 1290. The number of nitrogens with zero attached hydrogens (tertiary/aromatic N) is 1. The molecule has 0 aromatic heterocycles. The van der Waals surface area contributed by atoms with Gasteiger partial charge in [-0.25, -0.2) is 0 Å². The number of fused-ring (bicyclic) bond motifs is 2. The summed E-state index contributed by atoms with van der Waals surface area (Å²) in [7, 11) is 0. The van der Waals surface area contributed by atoms with Gasteiger partial charge in [0.1, 0.15) is 0 Å². The van der Waals surface area contributed by atoms with Gasteiger partial charge in [-0.1, -0.05) is 60.1 Å². The molecule has 0 spiro atoms. The Morgan fingerprint density at radius 3 is 2.67 bits per heavy atom. The van der Waals surface area contributed by atoms with Crippen LogP contribution in [0.4, 0.5) is 5.69 Å². The molecule has 33 heavy (non-hydrogen) atoms. The zero-order chi connectivity index (χ0) is 23.0. The summed E-state index contributed by atoms with van der Waals surface area (Å²) in [5, 5.41) is 11.9. The number of hydrogen-bond donors (Lipinski definition) is 1. The van der Waals surface area contributed by atoms with Crippen LogP contribution in [0.5, 0.6) is 11.5 Å². The molecule has 5 rings (SSSR count). The van der Waals surface area contributed by atoms with E-state index >= 15 is 0 Å². The van der Waals surface area contributed by atoms with Gasteiger partial charge in [0.2, 0.25) is 6.79 Å². The van der Waals surface area contributed by atoms with E-state index in [0.29, 0.717) is 27.8 Å². The van der Waals surface area contributed by atoms with Crippen LogP contribution in [0.25, 0.3) is 6.08 Å². The normalized spacial score (nSPS) is 18.7. The molecular formula is C26H20ClNO5. The molecular weight excluding hydrogens is 442 g/mol. The maximum Gasteiger partial charge on any atom is 0.264 e. The number of amides is 1. The minimum absolute atomic E-state index is 0.167. The van der Waals surface area contributed by atoms with E-state index in [4.69, 9.17) is 21.1 Å². The summed E-state index contributed by atoms with van der Waals surface area (Å²) in [6, 6.07) is 19.5. The highest BCUT2D eigenvalue weighted by Gasteiger charge is 2.50. The first-order valence-corrected chi connectivity index (χ1v) is 10.8. The monoisotopic (exact) mass is 461 g/mol. The number of hydrogen-bond acceptors (Lipinski definition) is 5. The van der Waals surface area contributed by atoms with Crippen molar-refractivity contribution in [3.63, 3.8) is 0 Å². The number of carbonyl (C=O) groups is 2. The van der Waals surface area contributed by atoms with E-state index < -0.39 is 11.5 Å². The topological polar surface area (TPSA) is 76.1 Å². The van der Waals surface area contributed by atoms with Gasteiger partial charge in [-0.15, -0.1) is 0 Å². The molecule has 6 nitrogen and oxygen atoms in total. The average molecular weight is 462 g/mol. The second-order valence-electron chi connectivity index (χ2n) is 7.95. The van der Waals surface area contributed by atoms with Crippen LogP contribution in [0.1, 0.15) is 23.1 Å². The molecule has 2 aliphatic rings. The SMILES string of the molecule is O=C(/C=C\c1ccc2c(c1)OCO2)CC1(O)C(=O)N(Cc2ccccc2Cl)c2ccccc21. The van der Waals surface area contributed by atoms with E-state index in [1.807, 2.05) is 18.2 Å². The fourth-order valence-corrected chi connectivity index (χ4v) is 4.34. The zero-order valence-corrected chi connectivity index (χ0v) is 18.3. The molecule has 3 aromatic carbocycles. The Morgan fingerprint density at radius 1 is 1.06 bits per heavy atom. The van der Waals surface area contributed by atoms with E-state index in [-0.39, 0.29) is 25.5 Å². The molecule has 2 heterocycles. The number of ketones is 1. The third-order valence-corrected chi connectivity index (χ3v) is 6.18. The van der Waals surface area contributed by atoms with E-state index in [9.17, 15) is 14.7 Å². The Balaban J connectivity index is 1.38. The molecule has 0 bridgehead atoms. The van der Waals surface area contributed by atoms with Crippen molar-refractivity contribution < 1.29 is 24.2 Å². The van der Waals surface area contributed by atoms with Gasteiger partial charge in [-0.3, -0.25) is 9.59 Å². The Labute approximate surface area is 195 Å². The average Bonchev–Trinajstić information content (AvgIpc) is 3.36. The Morgan fingerprint density at radius 2 is 1.82 bits per heavy atom. The third-order valence-electron chi connectivity index (χ3n) is 5.81. The zero-order valence-electron chi connectivity index (χ0n) is 17.5. The van der Waals surface area contributed by atoms with Crippen molar-refractivity contribution in [1.29, 1.82) is 0 Å². The molecule has 0 saturated heterocycles. The molecule has 3 aromatic rings. The number of aliphatic hydroxyl groups is 1. The summed E-state index contributed by atoms with van der Waals surface area (Å²) < 4.78 is 10.6. The van der Waals surface area contributed by atoms with E-state index in [0.717, 1.165) is 11.1 Å². The van der Waals surface area contributed by atoms with Crippen LogP contribution in [0, 0.1) is 0 Å². The smallest absolute Gasteiger partial charge is 0.264 e. The highest BCUT2D eigenvalue weighted by molar-refractivity contribution is 6.31. The largest absolute Gasteiger partial charge is 0.454 e. The second-order valence-corrected chi connectivity index (χ2v) is 8.36. The van der Waals surface area contributed by atoms with Crippen molar-refractivity contribution in [3.8, 4) is 11.5 Å². The lowest BCUT2D eigenvalue weighted by Crippen LogP contribution is -2.41. The van der Waals surface area contributed by atoms with Gasteiger partial charge >= 0.3 is 0 Å². The number of anilines is 1. The molecule has 166 valence electrons. The number of para-hydroxylation sites is 1. The molecule has 1 N–H and O–H groups in total. The first-order valence-electron chi connectivity index (χ1n) is 10.4. The second kappa shape index (κ2) is 8.39. The highest BCUT2D eigenvalue weighted by atomic mass is 35.5. The highest BCUT2D eigenvalue weighted by Crippen LogP contribution is 2.43. The fraction of sp³-hybridized carbons (Fsp3) is 0.154. The first-order chi connectivity index (χ1) is 16.0. The van der Waals surface area contributed by atoms with Crippen molar-refractivity contribution in [3.05, 3.63) is 94.5 Å². The van der Waals surface area contributed by atoms with Crippen molar-refractivity contribution in [2.24, 2.45) is 0 Å². The van der Waals surface area contributed by atoms with Gasteiger partial charge in [0.05, 0.1) is 18.7 Å². The molecule has 7 heteroatoms. The van der Waals surface area contributed by atoms with Crippen molar-refractivity contribution in [1.82, 2.24) is 0 Å². The lowest BCUT2D eigenvalue weighted by molar-refractivity contribution is -0.140. The van der Waals surface area contributed by atoms with Crippen molar-refractivity contribution in [2.75, 3.05) is 11.7 Å². The summed E-state index contributed by atoms with van der Waals surface area (Å²) in [4.78, 5) is 27.6. The van der Waals surface area contributed by atoms with E-state index in [2.05, 4.69) is 0 Å². The standard InChI is InChI=1S/C26H20ClNO5/c27-21-7-3-1-5-18(21)15-28-22-8-4-2-6-20(22)26(31,25(28)30)14-19(29)11-9-17-10-12-23-24(13-17)33-16-32-23/h1-13,31H,14-16H2/b11-9-. The predicted molar refractivity (Wildman–Crippen MR) is 124 cm³/mol. The Hall–Kier alpha value is -3.61. The Kier molecular flexibility index (Phi) is 5.40. The van der Waals surface area contributed by atoms with Gasteiger partial charge in [0, 0.05) is 10.6 Å². The summed E-state index contributed by atoms with van der Waals surface area (Å²) in [5.74, 6) is 0.337. The molecule has 0 radical (unpaired) electrons. The quantitative estimate of drug-likeness (QED) is 0.548. The molecule has 1 amide bonds. The van der Waals surface area contributed by atoms with Crippen LogP contribution < -0.4 is 14.4 Å². The van der Waals surface area contributed by atoms with Gasteiger partial charge in [0.15, 0.2) is 22.9 Å². The number of ether oxygens (including phenoxy) is 2. The number of rotatable bonds is 6. The summed E-state index contributed by atoms with van der Waals surface area (Å²) in [6.07, 6.45) is 2.62. The lowest BCUT2D eigenvalue weighted by Gasteiger charge is -2.22. The molecule has 2 aliphatic heterocycles. The minimum Gasteiger partial charge on any atom is -0.454 e. The third kappa shape index (κ3) is 3.88. The maximum atomic E-state index is 13.4. The lowest BCUT2D eigenvalue weighted by atomic mass is 9.89. The van der Waals surface area contributed by atoms with Crippen LogP contribution in [0.3, 0.4) is 0 Å². The van der Waals surface area contributed by atoms with Gasteiger partial charge in [-0.05, 0) is 41.5 Å². The number of carbonyl (C=O) groups excluding carboxylic acids is 2. The molecule has 1 unspecified atom stereocenters. The van der Waals surface area contributed by atoms with Crippen LogP contribution in [-0.2, 0) is 21.7 Å². The van der Waals surface area contributed by atoms with Gasteiger partial charge < -0.3 is 19.5 Å². The van der Waals surface area contributed by atoms with Crippen LogP contribution >= 0.6 is 11.6 Å². The van der Waals surface area contributed by atoms with Crippen molar-refractivity contribution >= 4 is 35.1 Å². The fourth-order valence-electron chi connectivity index (χ4n) is 4.15. The van der Waals surface area contributed by atoms with Gasteiger partial charge in [-0.2, -0.15) is 0 Å². The van der Waals surface area contributed by atoms with Crippen LogP contribution in [0.15, 0.2) is 72.8 Å². The first kappa shape index (κ1) is 21.2. The molecule has 0 fully saturated rings. The van der Waals surface area contributed by atoms with Gasteiger partial charge in [0.25, 0.3) is 5.91 Å². The summed E-state index contributed by atoms with van der Waals surface area (Å²) in [6.45, 7) is 0.361. The number of halogens is 1. The number of benzene rings is 3.